The quantitative estimate of drug-likeness (QED) is 0.601. The van der Waals surface area contributed by atoms with Crippen LogP contribution in [0.1, 0.15) is 38.1 Å². The highest BCUT2D eigenvalue weighted by molar-refractivity contribution is 6.46. The van der Waals surface area contributed by atoms with E-state index in [1.54, 1.807) is 20.8 Å². The van der Waals surface area contributed by atoms with Gasteiger partial charge in [-0.2, -0.15) is 5.26 Å². The van der Waals surface area contributed by atoms with Crippen LogP contribution in [-0.2, 0) is 9.53 Å². The summed E-state index contributed by atoms with van der Waals surface area (Å²) in [5.41, 5.74) is -1.19. The molecule has 8 heteroatoms. The molecule has 0 aromatic heterocycles. The molecule has 2 atom stereocenters. The number of nitrogens with zero attached hydrogens (tertiary/aromatic N) is 1. The summed E-state index contributed by atoms with van der Waals surface area (Å²) < 4.78 is 5.10. The van der Waals surface area contributed by atoms with Gasteiger partial charge >= 0.3 is 5.97 Å². The van der Waals surface area contributed by atoms with E-state index in [-0.39, 0.29) is 26.5 Å². The Bertz CT molecular complexity index is 701. The number of benzene rings is 1. The summed E-state index contributed by atoms with van der Waals surface area (Å²) in [5, 5.41) is 11.9. The monoisotopic (exact) mass is 390 g/mol. The highest BCUT2D eigenvalue weighted by Crippen LogP contribution is 2.32. The molecule has 0 aliphatic carbocycles. The van der Waals surface area contributed by atoms with Crippen LogP contribution in [0.5, 0.6) is 0 Å². The average Bonchev–Trinajstić information content (AvgIpc) is 2.50. The summed E-state index contributed by atoms with van der Waals surface area (Å²) in [5.74, 6) is -1.61. The van der Waals surface area contributed by atoms with Gasteiger partial charge in [-0.05, 0) is 31.9 Å². The SMILES string of the molecule is CC(C)[C@@](C)(C#N)NC(=O)[C@@H](C)OC(=O)c1c(Cl)ccc(Cl)c1Cl. The first kappa shape index (κ1) is 20.6. The summed E-state index contributed by atoms with van der Waals surface area (Å²) in [7, 11) is 0. The zero-order chi connectivity index (χ0) is 18.7. The maximum atomic E-state index is 12.2. The standard InChI is InChI=1S/C16H17Cl3N2O3/c1-8(2)16(4,7-20)21-14(22)9(3)24-15(23)12-10(17)5-6-11(18)13(12)19/h5-6,8-9H,1-4H3,(H,21,22)/t9-,16-/m1/s1. The molecule has 1 N–H and O–H groups in total. The lowest BCUT2D eigenvalue weighted by Crippen LogP contribution is -2.52. The molecule has 0 aliphatic heterocycles. The number of carbonyl (C=O) groups excluding carboxylic acids is 2. The molecule has 1 amide bonds. The fraction of sp³-hybridized carbons (Fsp3) is 0.438. The van der Waals surface area contributed by atoms with Crippen LogP contribution in [0.2, 0.25) is 15.1 Å². The van der Waals surface area contributed by atoms with Crippen LogP contribution < -0.4 is 5.32 Å². The number of esters is 1. The molecule has 130 valence electrons. The van der Waals surface area contributed by atoms with Gasteiger partial charge in [0.2, 0.25) is 0 Å². The van der Waals surface area contributed by atoms with E-state index in [4.69, 9.17) is 39.5 Å². The van der Waals surface area contributed by atoms with Gasteiger partial charge in [0.15, 0.2) is 6.10 Å². The molecule has 0 saturated carbocycles. The number of hydrogen-bond acceptors (Lipinski definition) is 4. The second-order valence-electron chi connectivity index (χ2n) is 5.72. The van der Waals surface area contributed by atoms with Gasteiger partial charge in [0.1, 0.15) is 5.54 Å². The van der Waals surface area contributed by atoms with Crippen LogP contribution in [-0.4, -0.2) is 23.5 Å². The van der Waals surface area contributed by atoms with E-state index in [1.165, 1.54) is 19.1 Å². The summed E-state index contributed by atoms with van der Waals surface area (Å²) in [4.78, 5) is 24.4. The van der Waals surface area contributed by atoms with Gasteiger partial charge in [-0.3, -0.25) is 4.79 Å². The highest BCUT2D eigenvalue weighted by Gasteiger charge is 2.33. The molecule has 0 spiro atoms. The Morgan fingerprint density at radius 1 is 1.21 bits per heavy atom. The van der Waals surface area contributed by atoms with Crippen molar-refractivity contribution in [2.24, 2.45) is 5.92 Å². The van der Waals surface area contributed by atoms with Crippen molar-refractivity contribution in [3.8, 4) is 6.07 Å². The Morgan fingerprint density at radius 2 is 1.75 bits per heavy atom. The van der Waals surface area contributed by atoms with Crippen molar-refractivity contribution in [3.05, 3.63) is 32.8 Å². The topological polar surface area (TPSA) is 79.2 Å². The second kappa shape index (κ2) is 8.06. The van der Waals surface area contributed by atoms with Crippen molar-refractivity contribution in [2.45, 2.75) is 39.3 Å². The van der Waals surface area contributed by atoms with E-state index in [1.807, 2.05) is 6.07 Å². The number of amides is 1. The first-order chi connectivity index (χ1) is 11.0. The molecule has 5 nitrogen and oxygen atoms in total. The minimum absolute atomic E-state index is 0.0502. The number of nitriles is 1. The summed E-state index contributed by atoms with van der Waals surface area (Å²) >= 11 is 17.8. The average molecular weight is 392 g/mol. The number of ether oxygens (including phenoxy) is 1. The molecule has 0 aliphatic rings. The van der Waals surface area contributed by atoms with E-state index in [0.29, 0.717) is 0 Å². The molecular formula is C16H17Cl3N2O3. The first-order valence-electron chi connectivity index (χ1n) is 7.11. The maximum Gasteiger partial charge on any atom is 0.342 e. The molecule has 1 aromatic carbocycles. The lowest BCUT2D eigenvalue weighted by Gasteiger charge is -2.28. The summed E-state index contributed by atoms with van der Waals surface area (Å²) in [6, 6.07) is 4.89. The third kappa shape index (κ3) is 4.54. The molecular weight excluding hydrogens is 375 g/mol. The Balaban J connectivity index is 2.91. The van der Waals surface area contributed by atoms with Crippen molar-refractivity contribution in [1.82, 2.24) is 5.32 Å². The van der Waals surface area contributed by atoms with E-state index < -0.39 is 23.5 Å². The van der Waals surface area contributed by atoms with Gasteiger partial charge in [0.05, 0.1) is 26.7 Å². The number of rotatable bonds is 5. The summed E-state index contributed by atoms with van der Waals surface area (Å²) in [6.45, 7) is 6.57. The molecule has 1 rings (SSSR count). The lowest BCUT2D eigenvalue weighted by molar-refractivity contribution is -0.130. The second-order valence-corrected chi connectivity index (χ2v) is 6.92. The highest BCUT2D eigenvalue weighted by atomic mass is 35.5. The van der Waals surface area contributed by atoms with Crippen molar-refractivity contribution < 1.29 is 14.3 Å². The lowest BCUT2D eigenvalue weighted by atomic mass is 9.90. The van der Waals surface area contributed by atoms with E-state index >= 15 is 0 Å². The number of carbonyl (C=O) groups is 2. The van der Waals surface area contributed by atoms with Crippen LogP contribution in [0.3, 0.4) is 0 Å². The van der Waals surface area contributed by atoms with Crippen LogP contribution in [0, 0.1) is 17.2 Å². The molecule has 24 heavy (non-hydrogen) atoms. The number of halogens is 3. The predicted molar refractivity (Wildman–Crippen MR) is 93.3 cm³/mol. The van der Waals surface area contributed by atoms with Gasteiger partial charge in [-0.15, -0.1) is 0 Å². The van der Waals surface area contributed by atoms with Crippen LogP contribution in [0.4, 0.5) is 0 Å². The zero-order valence-electron chi connectivity index (χ0n) is 13.6. The molecule has 1 aromatic rings. The van der Waals surface area contributed by atoms with Gasteiger partial charge in [0.25, 0.3) is 5.91 Å². The van der Waals surface area contributed by atoms with Crippen LogP contribution in [0.15, 0.2) is 12.1 Å². The molecule has 0 bridgehead atoms. The molecule has 0 fully saturated rings. The number of hydrogen-bond donors (Lipinski definition) is 1. The predicted octanol–water partition coefficient (Wildman–Crippen LogP) is 4.25. The largest absolute Gasteiger partial charge is 0.449 e. The van der Waals surface area contributed by atoms with E-state index in [0.717, 1.165) is 0 Å². The normalized spacial score (nSPS) is 14.5. The smallest absolute Gasteiger partial charge is 0.342 e. The Labute approximate surface area is 155 Å². The third-order valence-corrected chi connectivity index (χ3v) is 4.79. The van der Waals surface area contributed by atoms with Crippen molar-refractivity contribution >= 4 is 46.7 Å². The van der Waals surface area contributed by atoms with Gasteiger partial charge < -0.3 is 10.1 Å². The summed E-state index contributed by atoms with van der Waals surface area (Å²) in [6.07, 6.45) is -1.14. The maximum absolute atomic E-state index is 12.2. The minimum Gasteiger partial charge on any atom is -0.449 e. The molecule has 0 radical (unpaired) electrons. The van der Waals surface area contributed by atoms with Gasteiger partial charge in [-0.1, -0.05) is 48.7 Å². The van der Waals surface area contributed by atoms with Crippen molar-refractivity contribution in [1.29, 1.82) is 5.26 Å². The zero-order valence-corrected chi connectivity index (χ0v) is 15.9. The Hall–Kier alpha value is -1.48. The fourth-order valence-corrected chi connectivity index (χ4v) is 2.33. The fourth-order valence-electron chi connectivity index (χ4n) is 1.65. The minimum atomic E-state index is -1.14. The first-order valence-corrected chi connectivity index (χ1v) is 8.24. The van der Waals surface area contributed by atoms with Gasteiger partial charge in [0, 0.05) is 0 Å². The Kier molecular flexibility index (Phi) is 6.91. The molecule has 0 saturated heterocycles. The van der Waals surface area contributed by atoms with Crippen LogP contribution in [0.25, 0.3) is 0 Å². The Morgan fingerprint density at radius 3 is 2.25 bits per heavy atom. The van der Waals surface area contributed by atoms with Crippen molar-refractivity contribution in [3.63, 3.8) is 0 Å². The molecule has 0 unspecified atom stereocenters. The number of nitrogens with one attached hydrogen (secondary N) is 1. The molecule has 0 heterocycles. The van der Waals surface area contributed by atoms with Crippen molar-refractivity contribution in [2.75, 3.05) is 0 Å². The van der Waals surface area contributed by atoms with E-state index in [9.17, 15) is 14.9 Å². The third-order valence-electron chi connectivity index (χ3n) is 3.67. The van der Waals surface area contributed by atoms with Gasteiger partial charge in [-0.25, -0.2) is 4.79 Å². The van der Waals surface area contributed by atoms with E-state index in [2.05, 4.69) is 5.32 Å². The van der Waals surface area contributed by atoms with Crippen LogP contribution >= 0.6 is 34.8 Å².